The lowest BCUT2D eigenvalue weighted by Gasteiger charge is -2.10. The molecule has 2 aromatic rings. The SMILES string of the molecule is COc1ccc(OC)c(COC(=O)c2cccc[n+]2[O-])c1. The molecule has 0 aliphatic rings. The van der Waals surface area contributed by atoms with Gasteiger partial charge >= 0.3 is 11.7 Å². The van der Waals surface area contributed by atoms with Gasteiger partial charge < -0.3 is 19.4 Å². The lowest BCUT2D eigenvalue weighted by Crippen LogP contribution is -2.34. The molecule has 6 heteroatoms. The second kappa shape index (κ2) is 6.60. The third kappa shape index (κ3) is 3.42. The molecule has 21 heavy (non-hydrogen) atoms. The molecule has 1 aromatic carbocycles. The zero-order valence-corrected chi connectivity index (χ0v) is 11.7. The zero-order chi connectivity index (χ0) is 15.2. The maximum absolute atomic E-state index is 11.9. The van der Waals surface area contributed by atoms with Crippen LogP contribution in [0.25, 0.3) is 0 Å². The number of carbonyl (C=O) groups is 1. The van der Waals surface area contributed by atoms with Gasteiger partial charge in [0.25, 0.3) is 0 Å². The first kappa shape index (κ1) is 14.6. The fourth-order valence-electron chi connectivity index (χ4n) is 1.80. The van der Waals surface area contributed by atoms with Crippen LogP contribution in [0, 0.1) is 5.21 Å². The van der Waals surface area contributed by atoms with E-state index in [1.165, 1.54) is 25.4 Å². The summed E-state index contributed by atoms with van der Waals surface area (Å²) in [5.74, 6) is 0.502. The molecule has 110 valence electrons. The third-order valence-corrected chi connectivity index (χ3v) is 2.88. The average Bonchev–Trinajstić information content (AvgIpc) is 2.52. The standard InChI is InChI=1S/C15H15NO5/c1-19-12-6-7-14(20-2)11(9-12)10-21-15(17)13-5-3-4-8-16(13)18/h3-9H,10H2,1-2H3. The number of hydrogen-bond donors (Lipinski definition) is 0. The fraction of sp³-hybridized carbons (Fsp3) is 0.200. The van der Waals surface area contributed by atoms with Crippen LogP contribution in [0.4, 0.5) is 0 Å². The Bertz CT molecular complexity index is 642. The molecular formula is C15H15NO5. The molecule has 0 bridgehead atoms. The van der Waals surface area contributed by atoms with Crippen LogP contribution in [0.15, 0.2) is 42.6 Å². The van der Waals surface area contributed by atoms with Gasteiger partial charge in [0.05, 0.1) is 14.2 Å². The highest BCUT2D eigenvalue weighted by Crippen LogP contribution is 2.24. The molecule has 0 aliphatic carbocycles. The Morgan fingerprint density at radius 3 is 2.67 bits per heavy atom. The van der Waals surface area contributed by atoms with Gasteiger partial charge in [-0.2, -0.15) is 4.73 Å². The summed E-state index contributed by atoms with van der Waals surface area (Å²) in [5.41, 5.74) is 0.581. The summed E-state index contributed by atoms with van der Waals surface area (Å²) >= 11 is 0. The Balaban J connectivity index is 2.12. The van der Waals surface area contributed by atoms with E-state index in [-0.39, 0.29) is 12.3 Å². The highest BCUT2D eigenvalue weighted by Gasteiger charge is 2.17. The molecular weight excluding hydrogens is 274 g/mol. The Hall–Kier alpha value is -2.76. The summed E-state index contributed by atoms with van der Waals surface area (Å²) in [7, 11) is 3.07. The Labute approximate surface area is 122 Å². The molecule has 0 unspecified atom stereocenters. The molecule has 0 radical (unpaired) electrons. The number of ether oxygens (including phenoxy) is 3. The minimum atomic E-state index is -0.699. The van der Waals surface area contributed by atoms with Gasteiger partial charge in [-0.1, -0.05) is 0 Å². The van der Waals surface area contributed by atoms with E-state index in [1.54, 1.807) is 31.4 Å². The Morgan fingerprint density at radius 1 is 1.19 bits per heavy atom. The van der Waals surface area contributed by atoms with Gasteiger partial charge in [-0.3, -0.25) is 0 Å². The molecule has 0 amide bonds. The van der Waals surface area contributed by atoms with E-state index in [1.807, 2.05) is 0 Å². The zero-order valence-electron chi connectivity index (χ0n) is 11.7. The van der Waals surface area contributed by atoms with Gasteiger partial charge in [0.15, 0.2) is 6.20 Å². The molecule has 0 aliphatic heterocycles. The number of rotatable bonds is 5. The summed E-state index contributed by atoms with van der Waals surface area (Å²) in [4.78, 5) is 11.9. The minimum Gasteiger partial charge on any atom is -0.618 e. The van der Waals surface area contributed by atoms with Crippen LogP contribution in [0.1, 0.15) is 16.1 Å². The smallest absolute Gasteiger partial charge is 0.405 e. The van der Waals surface area contributed by atoms with E-state index >= 15 is 0 Å². The first-order valence-corrected chi connectivity index (χ1v) is 6.22. The fourth-order valence-corrected chi connectivity index (χ4v) is 1.80. The lowest BCUT2D eigenvalue weighted by atomic mass is 10.2. The summed E-state index contributed by atoms with van der Waals surface area (Å²) < 4.78 is 15.9. The van der Waals surface area contributed by atoms with Crippen LogP contribution in [0.5, 0.6) is 11.5 Å². The predicted octanol–water partition coefficient (Wildman–Crippen LogP) is 1.69. The van der Waals surface area contributed by atoms with Crippen molar-refractivity contribution in [2.45, 2.75) is 6.61 Å². The first-order valence-electron chi connectivity index (χ1n) is 6.22. The van der Waals surface area contributed by atoms with Crippen molar-refractivity contribution in [2.75, 3.05) is 14.2 Å². The largest absolute Gasteiger partial charge is 0.618 e. The van der Waals surface area contributed by atoms with Crippen LogP contribution in [0.3, 0.4) is 0 Å². The van der Waals surface area contributed by atoms with Gasteiger partial charge in [-0.05, 0) is 24.3 Å². The van der Waals surface area contributed by atoms with Crippen molar-refractivity contribution in [3.8, 4) is 11.5 Å². The Kier molecular flexibility index (Phi) is 4.61. The maximum Gasteiger partial charge on any atom is 0.405 e. The third-order valence-electron chi connectivity index (χ3n) is 2.88. The second-order valence-electron chi connectivity index (χ2n) is 4.17. The minimum absolute atomic E-state index is 0.0197. The summed E-state index contributed by atoms with van der Waals surface area (Å²) in [5, 5.41) is 11.5. The van der Waals surface area contributed by atoms with Crippen molar-refractivity contribution in [3.05, 3.63) is 59.1 Å². The number of aromatic nitrogens is 1. The Morgan fingerprint density at radius 2 is 2.00 bits per heavy atom. The van der Waals surface area contributed by atoms with E-state index in [4.69, 9.17) is 14.2 Å². The molecule has 0 saturated heterocycles. The quantitative estimate of drug-likeness (QED) is 0.476. The van der Waals surface area contributed by atoms with E-state index in [0.717, 1.165) is 0 Å². The summed E-state index contributed by atoms with van der Waals surface area (Å²) in [6.45, 7) is -0.0197. The summed E-state index contributed by atoms with van der Waals surface area (Å²) in [6, 6.07) is 9.71. The molecule has 6 nitrogen and oxygen atoms in total. The maximum atomic E-state index is 11.9. The molecule has 2 rings (SSSR count). The number of nitrogens with zero attached hydrogens (tertiary/aromatic N) is 1. The molecule has 0 fully saturated rings. The van der Waals surface area contributed by atoms with Gasteiger partial charge in [-0.15, -0.1) is 0 Å². The van der Waals surface area contributed by atoms with Gasteiger partial charge in [0.2, 0.25) is 0 Å². The first-order chi connectivity index (χ1) is 10.2. The number of methoxy groups -OCH3 is 2. The number of esters is 1. The van der Waals surface area contributed by atoms with Crippen molar-refractivity contribution in [1.29, 1.82) is 0 Å². The molecule has 1 heterocycles. The van der Waals surface area contributed by atoms with E-state index in [2.05, 4.69) is 0 Å². The van der Waals surface area contributed by atoms with Crippen LogP contribution in [-0.4, -0.2) is 20.2 Å². The van der Waals surface area contributed by atoms with Crippen molar-refractivity contribution in [3.63, 3.8) is 0 Å². The molecule has 0 saturated carbocycles. The highest BCUT2D eigenvalue weighted by atomic mass is 16.5. The van der Waals surface area contributed by atoms with Crippen LogP contribution < -0.4 is 14.2 Å². The van der Waals surface area contributed by atoms with E-state index in [0.29, 0.717) is 21.8 Å². The summed E-state index contributed by atoms with van der Waals surface area (Å²) in [6.07, 6.45) is 1.24. The number of hydrogen-bond acceptors (Lipinski definition) is 5. The lowest BCUT2D eigenvalue weighted by molar-refractivity contribution is -0.608. The number of pyridine rings is 1. The van der Waals surface area contributed by atoms with Gasteiger partial charge in [-0.25, -0.2) is 4.79 Å². The van der Waals surface area contributed by atoms with E-state index < -0.39 is 5.97 Å². The molecule has 0 atom stereocenters. The van der Waals surface area contributed by atoms with Crippen LogP contribution >= 0.6 is 0 Å². The van der Waals surface area contributed by atoms with Crippen LogP contribution in [0.2, 0.25) is 0 Å². The molecule has 1 aromatic heterocycles. The molecule has 0 spiro atoms. The van der Waals surface area contributed by atoms with Gasteiger partial charge in [0.1, 0.15) is 18.1 Å². The van der Waals surface area contributed by atoms with Crippen LogP contribution in [-0.2, 0) is 11.3 Å². The second-order valence-corrected chi connectivity index (χ2v) is 4.17. The van der Waals surface area contributed by atoms with Crippen molar-refractivity contribution in [2.24, 2.45) is 0 Å². The predicted molar refractivity (Wildman–Crippen MR) is 74.1 cm³/mol. The normalized spacial score (nSPS) is 10.0. The average molecular weight is 289 g/mol. The van der Waals surface area contributed by atoms with E-state index in [9.17, 15) is 10.0 Å². The topological polar surface area (TPSA) is 71.7 Å². The monoisotopic (exact) mass is 289 g/mol. The van der Waals surface area contributed by atoms with Crippen molar-refractivity contribution in [1.82, 2.24) is 0 Å². The van der Waals surface area contributed by atoms with Crippen molar-refractivity contribution >= 4 is 5.97 Å². The number of carbonyl (C=O) groups excluding carboxylic acids is 1. The number of benzene rings is 1. The van der Waals surface area contributed by atoms with Crippen molar-refractivity contribution < 1.29 is 23.7 Å². The molecule has 0 N–H and O–H groups in total. The van der Waals surface area contributed by atoms with Gasteiger partial charge in [0, 0.05) is 17.7 Å². The highest BCUT2D eigenvalue weighted by molar-refractivity contribution is 5.85.